The molecular formula is C13H13BrFNO4. The first-order valence-electron chi connectivity index (χ1n) is 6.03. The first-order chi connectivity index (χ1) is 9.40. The Morgan fingerprint density at radius 2 is 2.15 bits per heavy atom. The first kappa shape index (κ1) is 14.9. The zero-order valence-corrected chi connectivity index (χ0v) is 11.9. The monoisotopic (exact) mass is 345 g/mol. The van der Waals surface area contributed by atoms with Gasteiger partial charge >= 0.3 is 5.97 Å². The molecule has 3 N–H and O–H groups in total. The van der Waals surface area contributed by atoms with Crippen LogP contribution >= 0.6 is 15.9 Å². The third-order valence-corrected chi connectivity index (χ3v) is 3.85. The van der Waals surface area contributed by atoms with Crippen LogP contribution in [0.25, 0.3) is 0 Å². The molecule has 1 aromatic carbocycles. The van der Waals surface area contributed by atoms with Gasteiger partial charge in [-0.1, -0.05) is 6.07 Å². The third-order valence-electron chi connectivity index (χ3n) is 3.24. The summed E-state index contributed by atoms with van der Waals surface area (Å²) in [4.78, 5) is 22.3. The van der Waals surface area contributed by atoms with Crippen LogP contribution in [0.15, 0.2) is 22.7 Å². The molecule has 0 aromatic heterocycles. The second-order valence-electron chi connectivity index (χ2n) is 4.72. The van der Waals surface area contributed by atoms with E-state index in [1.807, 2.05) is 0 Å². The minimum absolute atomic E-state index is 0.0419. The van der Waals surface area contributed by atoms with Crippen molar-refractivity contribution in [2.45, 2.75) is 12.5 Å². The number of hydrogen-bond acceptors (Lipinski definition) is 3. The Kier molecular flexibility index (Phi) is 4.39. The Balaban J connectivity index is 1.86. The molecule has 1 aliphatic rings. The summed E-state index contributed by atoms with van der Waals surface area (Å²) in [6.07, 6.45) is -0.641. The van der Waals surface area contributed by atoms with Gasteiger partial charge in [0, 0.05) is 6.54 Å². The molecule has 108 valence electrons. The zero-order valence-electron chi connectivity index (χ0n) is 10.3. The number of hydrogen-bond donors (Lipinski definition) is 3. The number of carbonyl (C=O) groups is 2. The number of aliphatic hydroxyl groups excluding tert-OH is 1. The maximum atomic E-state index is 13.1. The van der Waals surface area contributed by atoms with Crippen LogP contribution in [0, 0.1) is 17.7 Å². The molecule has 0 saturated heterocycles. The topological polar surface area (TPSA) is 86.6 Å². The number of amides is 1. The van der Waals surface area contributed by atoms with Crippen molar-refractivity contribution in [2.75, 3.05) is 6.54 Å². The Morgan fingerprint density at radius 1 is 1.45 bits per heavy atom. The van der Waals surface area contributed by atoms with Crippen LogP contribution in [0.3, 0.4) is 0 Å². The number of halogens is 2. The van der Waals surface area contributed by atoms with Crippen LogP contribution < -0.4 is 5.32 Å². The Bertz CT molecular complexity index is 551. The van der Waals surface area contributed by atoms with E-state index in [0.717, 1.165) is 0 Å². The van der Waals surface area contributed by atoms with Gasteiger partial charge < -0.3 is 15.5 Å². The van der Waals surface area contributed by atoms with E-state index < -0.39 is 29.7 Å². The van der Waals surface area contributed by atoms with E-state index in [-0.39, 0.29) is 16.9 Å². The van der Waals surface area contributed by atoms with E-state index >= 15 is 0 Å². The smallest absolute Gasteiger partial charge is 0.307 e. The van der Waals surface area contributed by atoms with Crippen molar-refractivity contribution < 1.29 is 24.2 Å². The Morgan fingerprint density at radius 3 is 2.70 bits per heavy atom. The molecule has 0 spiro atoms. The van der Waals surface area contributed by atoms with Crippen LogP contribution in [0.5, 0.6) is 0 Å². The molecule has 0 radical (unpaired) electrons. The van der Waals surface area contributed by atoms with E-state index in [9.17, 15) is 19.1 Å². The summed E-state index contributed by atoms with van der Waals surface area (Å²) in [7, 11) is 0. The fourth-order valence-electron chi connectivity index (χ4n) is 1.92. The average molecular weight is 346 g/mol. The van der Waals surface area contributed by atoms with Crippen molar-refractivity contribution in [1.29, 1.82) is 0 Å². The van der Waals surface area contributed by atoms with E-state index in [1.165, 1.54) is 18.2 Å². The van der Waals surface area contributed by atoms with E-state index in [1.54, 1.807) is 0 Å². The molecular weight excluding hydrogens is 333 g/mol. The lowest BCUT2D eigenvalue weighted by Gasteiger charge is -2.12. The van der Waals surface area contributed by atoms with E-state index in [2.05, 4.69) is 21.2 Å². The van der Waals surface area contributed by atoms with Crippen LogP contribution in [-0.2, 0) is 9.59 Å². The van der Waals surface area contributed by atoms with Gasteiger partial charge in [0.15, 0.2) is 0 Å². The molecule has 1 saturated carbocycles. The van der Waals surface area contributed by atoms with Gasteiger partial charge in [0.2, 0.25) is 5.91 Å². The molecule has 20 heavy (non-hydrogen) atoms. The molecule has 0 unspecified atom stereocenters. The average Bonchev–Trinajstić information content (AvgIpc) is 3.19. The molecule has 7 heteroatoms. The standard InChI is InChI=1S/C13H13BrFNO4/c14-9-3-6(1-2-10(9)15)11(17)5-16-12(18)7-4-8(7)13(19)20/h1-3,7-8,11,17H,4-5H2,(H,16,18)(H,19,20)/t7-,8-,11+/m1/s1. The number of aliphatic carboxylic acids is 1. The molecule has 2 rings (SSSR count). The quantitative estimate of drug-likeness (QED) is 0.753. The van der Waals surface area contributed by atoms with Gasteiger partial charge in [-0.15, -0.1) is 0 Å². The van der Waals surface area contributed by atoms with E-state index in [4.69, 9.17) is 5.11 Å². The molecule has 1 aliphatic carbocycles. The molecule has 0 bridgehead atoms. The maximum Gasteiger partial charge on any atom is 0.307 e. The summed E-state index contributed by atoms with van der Waals surface area (Å²) in [6, 6.07) is 4.07. The highest BCUT2D eigenvalue weighted by Crippen LogP contribution is 2.38. The molecule has 0 aliphatic heterocycles. The number of carboxylic acid groups (broad SMARTS) is 1. The van der Waals surface area contributed by atoms with Gasteiger partial charge in [0.25, 0.3) is 0 Å². The number of rotatable bonds is 5. The highest BCUT2D eigenvalue weighted by molar-refractivity contribution is 9.10. The lowest BCUT2D eigenvalue weighted by molar-refractivity contribution is -0.140. The summed E-state index contributed by atoms with van der Waals surface area (Å²) in [5, 5.41) is 21.1. The summed E-state index contributed by atoms with van der Waals surface area (Å²) in [6.45, 7) is -0.0419. The summed E-state index contributed by atoms with van der Waals surface area (Å²) in [5.74, 6) is -2.93. The molecule has 0 heterocycles. The summed E-state index contributed by atoms with van der Waals surface area (Å²) < 4.78 is 13.3. The lowest BCUT2D eigenvalue weighted by Crippen LogP contribution is -2.30. The fraction of sp³-hybridized carbons (Fsp3) is 0.385. The number of carboxylic acids is 1. The first-order valence-corrected chi connectivity index (χ1v) is 6.83. The van der Waals surface area contributed by atoms with Crippen molar-refractivity contribution in [3.8, 4) is 0 Å². The normalized spacial score (nSPS) is 22.1. The predicted molar refractivity (Wildman–Crippen MR) is 71.3 cm³/mol. The number of nitrogens with one attached hydrogen (secondary N) is 1. The van der Waals surface area contributed by atoms with Gasteiger partial charge in [0.05, 0.1) is 22.4 Å². The summed E-state index contributed by atoms with van der Waals surface area (Å²) >= 11 is 3.01. The predicted octanol–water partition coefficient (Wildman–Crippen LogP) is 1.46. The molecule has 3 atom stereocenters. The lowest BCUT2D eigenvalue weighted by atomic mass is 10.1. The molecule has 1 amide bonds. The summed E-state index contributed by atoms with van der Waals surface area (Å²) in [5.41, 5.74) is 0.462. The largest absolute Gasteiger partial charge is 0.481 e. The van der Waals surface area contributed by atoms with Gasteiger partial charge in [-0.3, -0.25) is 9.59 Å². The number of benzene rings is 1. The third kappa shape index (κ3) is 3.34. The van der Waals surface area contributed by atoms with Crippen molar-refractivity contribution in [3.63, 3.8) is 0 Å². The molecule has 1 aromatic rings. The van der Waals surface area contributed by atoms with Crippen molar-refractivity contribution in [2.24, 2.45) is 11.8 Å². The van der Waals surface area contributed by atoms with Crippen LogP contribution in [0.2, 0.25) is 0 Å². The second kappa shape index (κ2) is 5.88. The van der Waals surface area contributed by atoms with Crippen molar-refractivity contribution in [3.05, 3.63) is 34.1 Å². The van der Waals surface area contributed by atoms with Crippen molar-refractivity contribution in [1.82, 2.24) is 5.32 Å². The van der Waals surface area contributed by atoms with Crippen LogP contribution in [-0.4, -0.2) is 28.6 Å². The number of carbonyl (C=O) groups excluding carboxylic acids is 1. The highest BCUT2D eigenvalue weighted by atomic mass is 79.9. The van der Waals surface area contributed by atoms with Gasteiger partial charge in [-0.2, -0.15) is 0 Å². The second-order valence-corrected chi connectivity index (χ2v) is 5.58. The molecule has 5 nitrogen and oxygen atoms in total. The van der Waals surface area contributed by atoms with E-state index in [0.29, 0.717) is 12.0 Å². The highest BCUT2D eigenvalue weighted by Gasteiger charge is 2.48. The number of aliphatic hydroxyl groups is 1. The fourth-order valence-corrected chi connectivity index (χ4v) is 2.32. The van der Waals surface area contributed by atoms with Crippen LogP contribution in [0.4, 0.5) is 4.39 Å². The molecule has 1 fully saturated rings. The van der Waals surface area contributed by atoms with Gasteiger partial charge in [-0.05, 0) is 40.0 Å². The van der Waals surface area contributed by atoms with Crippen molar-refractivity contribution >= 4 is 27.8 Å². The van der Waals surface area contributed by atoms with Gasteiger partial charge in [-0.25, -0.2) is 4.39 Å². The zero-order chi connectivity index (χ0) is 14.9. The Hall–Kier alpha value is -1.47. The minimum Gasteiger partial charge on any atom is -0.481 e. The minimum atomic E-state index is -0.979. The maximum absolute atomic E-state index is 13.1. The van der Waals surface area contributed by atoms with Crippen LogP contribution in [0.1, 0.15) is 18.1 Å². The SMILES string of the molecule is O=C(O)[C@@H]1C[C@H]1C(=O)NC[C@H](O)c1ccc(F)c(Br)c1. The van der Waals surface area contributed by atoms with Gasteiger partial charge in [0.1, 0.15) is 5.82 Å². The Labute approximate surface area is 122 Å².